The lowest BCUT2D eigenvalue weighted by atomic mass is 10.1. The van der Waals surface area contributed by atoms with Gasteiger partial charge >= 0.3 is 5.97 Å². The molecule has 1 aliphatic rings. The third kappa shape index (κ3) is 3.88. The number of ether oxygens (including phenoxy) is 1. The summed E-state index contributed by atoms with van der Waals surface area (Å²) in [6.07, 6.45) is 3.57. The maximum absolute atomic E-state index is 11.7. The van der Waals surface area contributed by atoms with Crippen LogP contribution in [0.5, 0.6) is 0 Å². The summed E-state index contributed by atoms with van der Waals surface area (Å²) in [4.78, 5) is 18.3. The monoisotopic (exact) mass is 309 g/mol. The number of carbonyl (C=O) groups is 1. The number of alkyl halides is 1. The smallest absolute Gasteiger partial charge is 0.337 e. The summed E-state index contributed by atoms with van der Waals surface area (Å²) < 4.78 is 4.75. The van der Waals surface area contributed by atoms with Crippen molar-refractivity contribution in [2.45, 2.75) is 19.3 Å². The number of hydrogen-bond acceptors (Lipinski definition) is 4. The normalized spacial score (nSPS) is 15.9. The number of methoxy groups -OCH3 is 1. The molecule has 2 N–H and O–H groups in total. The number of halogens is 1. The molecule has 0 aromatic heterocycles. The number of piperidine rings is 1. The van der Waals surface area contributed by atoms with Crippen LogP contribution in [0.2, 0.25) is 0 Å². The van der Waals surface area contributed by atoms with E-state index in [0.717, 1.165) is 31.6 Å². The quantitative estimate of drug-likeness (QED) is 0.402. The summed E-state index contributed by atoms with van der Waals surface area (Å²) >= 11 is 5.71. The number of carbonyl (C=O) groups excluding carboxylic acids is 1. The molecular weight excluding hydrogens is 290 g/mol. The van der Waals surface area contributed by atoms with Gasteiger partial charge in [-0.3, -0.25) is 0 Å². The van der Waals surface area contributed by atoms with Crippen molar-refractivity contribution in [3.63, 3.8) is 0 Å². The third-order valence-electron chi connectivity index (χ3n) is 3.49. The highest BCUT2D eigenvalue weighted by Crippen LogP contribution is 2.32. The van der Waals surface area contributed by atoms with Crippen molar-refractivity contribution in [1.82, 2.24) is 0 Å². The second-order valence-corrected chi connectivity index (χ2v) is 5.25. The number of rotatable bonds is 4. The molecule has 0 bridgehead atoms. The molecule has 1 fully saturated rings. The first kappa shape index (κ1) is 15.6. The number of aliphatic imine (C=N–C) groups is 1. The second-order valence-electron chi connectivity index (χ2n) is 4.98. The van der Waals surface area contributed by atoms with Crippen LogP contribution in [0.3, 0.4) is 0 Å². The van der Waals surface area contributed by atoms with E-state index in [1.807, 2.05) is 6.07 Å². The number of amidine groups is 1. The Kier molecular flexibility index (Phi) is 5.44. The molecule has 1 aromatic rings. The van der Waals surface area contributed by atoms with Crippen LogP contribution in [0.4, 0.5) is 11.4 Å². The molecule has 6 heteroatoms. The molecule has 2 rings (SSSR count). The van der Waals surface area contributed by atoms with Gasteiger partial charge in [0.1, 0.15) is 5.84 Å². The van der Waals surface area contributed by atoms with Gasteiger partial charge in [0.2, 0.25) is 0 Å². The fraction of sp³-hybridized carbons (Fsp3) is 0.467. The van der Waals surface area contributed by atoms with Crippen molar-refractivity contribution in [1.29, 1.82) is 0 Å². The summed E-state index contributed by atoms with van der Waals surface area (Å²) in [5.74, 6) is 0.0973. The van der Waals surface area contributed by atoms with Crippen molar-refractivity contribution >= 4 is 34.8 Å². The van der Waals surface area contributed by atoms with E-state index in [1.165, 1.54) is 13.5 Å². The van der Waals surface area contributed by atoms with Crippen LogP contribution < -0.4 is 10.6 Å². The van der Waals surface area contributed by atoms with Gasteiger partial charge in [0, 0.05) is 13.1 Å². The first-order valence-electron chi connectivity index (χ1n) is 7.02. The molecule has 1 aliphatic heterocycles. The van der Waals surface area contributed by atoms with Crippen molar-refractivity contribution in [3.8, 4) is 0 Å². The van der Waals surface area contributed by atoms with Crippen LogP contribution in [0.15, 0.2) is 23.2 Å². The summed E-state index contributed by atoms with van der Waals surface area (Å²) in [7, 11) is 1.36. The molecule has 0 saturated carbocycles. The molecule has 1 aromatic carbocycles. The molecule has 114 valence electrons. The lowest BCUT2D eigenvalue weighted by Crippen LogP contribution is -2.29. The number of benzene rings is 1. The fourth-order valence-electron chi connectivity index (χ4n) is 2.44. The van der Waals surface area contributed by atoms with Crippen LogP contribution in [0.1, 0.15) is 29.6 Å². The van der Waals surface area contributed by atoms with Gasteiger partial charge in [-0.15, -0.1) is 11.6 Å². The average molecular weight is 310 g/mol. The third-order valence-corrected chi connectivity index (χ3v) is 3.77. The SMILES string of the molecule is COC(=O)c1ccc(N2CCCCC2)c(N=C(N)CCl)c1. The van der Waals surface area contributed by atoms with E-state index in [4.69, 9.17) is 22.1 Å². The summed E-state index contributed by atoms with van der Waals surface area (Å²) in [5, 5.41) is 0. The second kappa shape index (κ2) is 7.31. The predicted molar refractivity (Wildman–Crippen MR) is 85.8 cm³/mol. The van der Waals surface area contributed by atoms with Crippen LogP contribution in [-0.4, -0.2) is 37.9 Å². The van der Waals surface area contributed by atoms with Crippen molar-refractivity contribution < 1.29 is 9.53 Å². The molecule has 1 heterocycles. The molecule has 0 radical (unpaired) electrons. The zero-order valence-corrected chi connectivity index (χ0v) is 12.9. The van der Waals surface area contributed by atoms with Gasteiger partial charge in [0.25, 0.3) is 0 Å². The highest BCUT2D eigenvalue weighted by atomic mass is 35.5. The zero-order chi connectivity index (χ0) is 15.2. The van der Waals surface area contributed by atoms with Gasteiger partial charge in [0.15, 0.2) is 0 Å². The molecule has 0 aliphatic carbocycles. The van der Waals surface area contributed by atoms with E-state index in [1.54, 1.807) is 12.1 Å². The molecule has 21 heavy (non-hydrogen) atoms. The lowest BCUT2D eigenvalue weighted by molar-refractivity contribution is 0.0601. The molecule has 0 amide bonds. The standard InChI is InChI=1S/C15H20ClN3O2/c1-21-15(20)11-5-6-13(19-7-3-2-4-8-19)12(9-11)18-14(17)10-16/h5-6,9H,2-4,7-8,10H2,1H3,(H2,17,18). The van der Waals surface area contributed by atoms with E-state index in [0.29, 0.717) is 17.1 Å². The molecule has 5 nitrogen and oxygen atoms in total. The van der Waals surface area contributed by atoms with Crippen LogP contribution in [0.25, 0.3) is 0 Å². The maximum Gasteiger partial charge on any atom is 0.337 e. The summed E-state index contributed by atoms with van der Waals surface area (Å²) in [5.41, 5.74) is 7.85. The molecular formula is C15H20ClN3O2. The van der Waals surface area contributed by atoms with Crippen molar-refractivity contribution in [2.75, 3.05) is 31.0 Å². The minimum atomic E-state index is -0.388. The predicted octanol–water partition coefficient (Wildman–Crippen LogP) is 2.69. The Morgan fingerprint density at radius 2 is 2.10 bits per heavy atom. The van der Waals surface area contributed by atoms with Crippen LogP contribution >= 0.6 is 11.6 Å². The number of hydrogen-bond donors (Lipinski definition) is 1. The minimum Gasteiger partial charge on any atom is -0.465 e. The Morgan fingerprint density at radius 3 is 2.71 bits per heavy atom. The van der Waals surface area contributed by atoms with Gasteiger partial charge in [-0.1, -0.05) is 0 Å². The Morgan fingerprint density at radius 1 is 1.38 bits per heavy atom. The Balaban J connectivity index is 2.40. The van der Waals surface area contributed by atoms with Crippen molar-refractivity contribution in [3.05, 3.63) is 23.8 Å². The maximum atomic E-state index is 11.7. The molecule has 1 saturated heterocycles. The van der Waals surface area contributed by atoms with Gasteiger partial charge < -0.3 is 15.4 Å². The number of nitrogens with zero attached hydrogens (tertiary/aromatic N) is 2. The van der Waals surface area contributed by atoms with E-state index in [-0.39, 0.29) is 11.8 Å². The van der Waals surface area contributed by atoms with Gasteiger partial charge in [0.05, 0.1) is 29.9 Å². The van der Waals surface area contributed by atoms with E-state index < -0.39 is 0 Å². The lowest BCUT2D eigenvalue weighted by Gasteiger charge is -2.30. The molecule has 0 unspecified atom stereocenters. The zero-order valence-electron chi connectivity index (χ0n) is 12.1. The first-order valence-corrected chi connectivity index (χ1v) is 7.55. The number of nitrogens with two attached hydrogens (primary N) is 1. The topological polar surface area (TPSA) is 67.9 Å². The first-order chi connectivity index (χ1) is 10.2. The largest absolute Gasteiger partial charge is 0.465 e. The average Bonchev–Trinajstić information content (AvgIpc) is 2.54. The molecule has 0 spiro atoms. The van der Waals surface area contributed by atoms with Gasteiger partial charge in [-0.05, 0) is 37.5 Å². The number of anilines is 1. The van der Waals surface area contributed by atoms with Crippen LogP contribution in [0, 0.1) is 0 Å². The fourth-order valence-corrected chi connectivity index (χ4v) is 2.50. The van der Waals surface area contributed by atoms with E-state index in [9.17, 15) is 4.79 Å². The highest BCUT2D eigenvalue weighted by molar-refractivity contribution is 6.28. The van der Waals surface area contributed by atoms with E-state index >= 15 is 0 Å². The Hall–Kier alpha value is -1.75. The summed E-state index contributed by atoms with van der Waals surface area (Å²) in [6, 6.07) is 5.36. The molecule has 0 atom stereocenters. The van der Waals surface area contributed by atoms with E-state index in [2.05, 4.69) is 9.89 Å². The minimum absolute atomic E-state index is 0.155. The summed E-state index contributed by atoms with van der Waals surface area (Å²) in [6.45, 7) is 1.97. The number of esters is 1. The highest BCUT2D eigenvalue weighted by Gasteiger charge is 2.17. The van der Waals surface area contributed by atoms with Crippen LogP contribution in [-0.2, 0) is 4.74 Å². The van der Waals surface area contributed by atoms with Crippen molar-refractivity contribution in [2.24, 2.45) is 10.7 Å². The Labute approximate surface area is 129 Å². The van der Waals surface area contributed by atoms with Gasteiger partial charge in [-0.2, -0.15) is 0 Å². The Bertz CT molecular complexity index is 540. The van der Waals surface area contributed by atoms with Gasteiger partial charge in [-0.25, -0.2) is 9.79 Å².